The van der Waals surface area contributed by atoms with E-state index in [1.54, 1.807) is 0 Å². The summed E-state index contributed by atoms with van der Waals surface area (Å²) in [7, 11) is 1.52. The monoisotopic (exact) mass is 305 g/mol. The number of likely N-dealkylation sites (N-methyl/N-ethyl adjacent to an activating group) is 1. The highest BCUT2D eigenvalue weighted by molar-refractivity contribution is 5.77. The van der Waals surface area contributed by atoms with Crippen molar-refractivity contribution in [3.8, 4) is 5.75 Å². The minimum absolute atomic E-state index is 0.390. The third-order valence-corrected chi connectivity index (χ3v) is 2.57. The molecule has 0 spiro atoms. The first-order valence-electron chi connectivity index (χ1n) is 6.45. The molecule has 0 aromatic heterocycles. The third kappa shape index (κ3) is 8.19. The van der Waals surface area contributed by atoms with E-state index in [-0.39, 0.29) is 0 Å². The Kier molecular flexibility index (Phi) is 7.01. The first kappa shape index (κ1) is 17.3. The highest BCUT2D eigenvalue weighted by Crippen LogP contribution is 2.14. The van der Waals surface area contributed by atoms with Gasteiger partial charge in [0.15, 0.2) is 0 Å². The summed E-state index contributed by atoms with van der Waals surface area (Å²) in [5.41, 5.74) is 0. The Balaban J connectivity index is 2.12. The second-order valence-corrected chi connectivity index (χ2v) is 4.44. The average molecular weight is 305 g/mol. The Morgan fingerprint density at radius 2 is 1.90 bits per heavy atom. The molecule has 0 aliphatic carbocycles. The normalized spacial score (nSPS) is 11.2. The van der Waals surface area contributed by atoms with E-state index in [9.17, 15) is 18.0 Å². The molecule has 0 bridgehead atoms. The molecule has 0 unspecified atom stereocenters. The van der Waals surface area contributed by atoms with Crippen LogP contribution in [0.5, 0.6) is 5.75 Å². The molecule has 0 atom stereocenters. The standard InChI is InChI=1S/C14H18F3NO3/c1-18(13(19)10-20-11-14(15,16)17)8-5-9-21-12-6-3-2-4-7-12/h2-4,6-7H,5,8-11H2,1H3. The molecule has 0 N–H and O–H groups in total. The van der Waals surface area contributed by atoms with Gasteiger partial charge in [-0.1, -0.05) is 18.2 Å². The first-order chi connectivity index (χ1) is 9.88. The van der Waals surface area contributed by atoms with Gasteiger partial charge in [0.25, 0.3) is 0 Å². The van der Waals surface area contributed by atoms with E-state index < -0.39 is 25.3 Å². The minimum Gasteiger partial charge on any atom is -0.494 e. The lowest BCUT2D eigenvalue weighted by molar-refractivity contribution is -0.177. The van der Waals surface area contributed by atoms with Gasteiger partial charge in [-0.3, -0.25) is 4.79 Å². The Morgan fingerprint density at radius 3 is 2.52 bits per heavy atom. The number of ether oxygens (including phenoxy) is 2. The third-order valence-electron chi connectivity index (χ3n) is 2.57. The van der Waals surface area contributed by atoms with Crippen molar-refractivity contribution in [3.63, 3.8) is 0 Å². The van der Waals surface area contributed by atoms with Crippen molar-refractivity contribution >= 4 is 5.91 Å². The number of benzene rings is 1. The molecule has 0 heterocycles. The SMILES string of the molecule is CN(CCCOc1ccccc1)C(=O)COCC(F)(F)F. The molecule has 21 heavy (non-hydrogen) atoms. The summed E-state index contributed by atoms with van der Waals surface area (Å²) >= 11 is 0. The van der Waals surface area contributed by atoms with Gasteiger partial charge in [0.1, 0.15) is 19.0 Å². The van der Waals surface area contributed by atoms with Crippen LogP contribution in [0, 0.1) is 0 Å². The van der Waals surface area contributed by atoms with Gasteiger partial charge >= 0.3 is 6.18 Å². The Hall–Kier alpha value is -1.76. The Morgan fingerprint density at radius 1 is 1.24 bits per heavy atom. The maximum absolute atomic E-state index is 11.9. The van der Waals surface area contributed by atoms with E-state index in [2.05, 4.69) is 4.74 Å². The number of alkyl halides is 3. The summed E-state index contributed by atoms with van der Waals surface area (Å²) in [4.78, 5) is 12.8. The van der Waals surface area contributed by atoms with E-state index in [1.807, 2.05) is 30.3 Å². The van der Waals surface area contributed by atoms with Crippen LogP contribution in [0.2, 0.25) is 0 Å². The van der Waals surface area contributed by atoms with Crippen LogP contribution in [0.1, 0.15) is 6.42 Å². The van der Waals surface area contributed by atoms with Crippen LogP contribution in [0.4, 0.5) is 13.2 Å². The first-order valence-corrected chi connectivity index (χ1v) is 6.45. The summed E-state index contributed by atoms with van der Waals surface area (Å²) in [5, 5.41) is 0. The highest BCUT2D eigenvalue weighted by atomic mass is 19.4. The number of rotatable bonds is 8. The van der Waals surface area contributed by atoms with Crippen LogP contribution < -0.4 is 4.74 Å². The molecule has 7 heteroatoms. The maximum Gasteiger partial charge on any atom is 0.411 e. The fourth-order valence-electron chi connectivity index (χ4n) is 1.50. The summed E-state index contributed by atoms with van der Waals surface area (Å²) < 4.78 is 45.3. The molecule has 0 aliphatic rings. The van der Waals surface area contributed by atoms with Crippen molar-refractivity contribution in [1.29, 1.82) is 0 Å². The quantitative estimate of drug-likeness (QED) is 0.693. The highest BCUT2D eigenvalue weighted by Gasteiger charge is 2.28. The maximum atomic E-state index is 11.9. The summed E-state index contributed by atoms with van der Waals surface area (Å²) in [5.74, 6) is 0.249. The van der Waals surface area contributed by atoms with Gasteiger partial charge < -0.3 is 14.4 Å². The van der Waals surface area contributed by atoms with Gasteiger partial charge in [0, 0.05) is 13.6 Å². The molecule has 0 saturated heterocycles. The topological polar surface area (TPSA) is 38.8 Å². The number of hydrogen-bond donors (Lipinski definition) is 0. The summed E-state index contributed by atoms with van der Waals surface area (Å²) in [6.45, 7) is -1.18. The van der Waals surface area contributed by atoms with E-state index in [0.717, 1.165) is 5.75 Å². The number of amides is 1. The smallest absolute Gasteiger partial charge is 0.411 e. The molecule has 1 aromatic carbocycles. The number of nitrogens with zero attached hydrogens (tertiary/aromatic N) is 1. The molecule has 0 radical (unpaired) electrons. The molecule has 1 amide bonds. The average Bonchev–Trinajstić information content (AvgIpc) is 2.43. The van der Waals surface area contributed by atoms with Gasteiger partial charge in [0.2, 0.25) is 5.91 Å². The van der Waals surface area contributed by atoms with Gasteiger partial charge in [-0.2, -0.15) is 13.2 Å². The fourth-order valence-corrected chi connectivity index (χ4v) is 1.50. The zero-order valence-electron chi connectivity index (χ0n) is 11.7. The van der Waals surface area contributed by atoms with E-state index in [0.29, 0.717) is 19.6 Å². The summed E-state index contributed by atoms with van der Waals surface area (Å²) in [6.07, 6.45) is -3.83. The zero-order chi connectivity index (χ0) is 15.7. The van der Waals surface area contributed by atoms with Gasteiger partial charge in [-0.25, -0.2) is 0 Å². The second-order valence-electron chi connectivity index (χ2n) is 4.44. The Labute approximate surface area is 121 Å². The number of halogens is 3. The van der Waals surface area contributed by atoms with E-state index in [1.165, 1.54) is 11.9 Å². The van der Waals surface area contributed by atoms with Gasteiger partial charge in [-0.05, 0) is 18.6 Å². The molecular weight excluding hydrogens is 287 g/mol. The van der Waals surface area contributed by atoms with Crippen molar-refractivity contribution in [2.75, 3.05) is 33.4 Å². The van der Waals surface area contributed by atoms with Crippen molar-refractivity contribution in [2.45, 2.75) is 12.6 Å². The van der Waals surface area contributed by atoms with Crippen LogP contribution in [0.25, 0.3) is 0 Å². The van der Waals surface area contributed by atoms with Gasteiger partial charge in [0.05, 0.1) is 6.61 Å². The summed E-state index contributed by atoms with van der Waals surface area (Å²) in [6, 6.07) is 9.21. The van der Waals surface area contributed by atoms with Gasteiger partial charge in [-0.15, -0.1) is 0 Å². The van der Waals surface area contributed by atoms with Crippen LogP contribution in [0.15, 0.2) is 30.3 Å². The number of carbonyl (C=O) groups is 1. The molecular formula is C14H18F3NO3. The van der Waals surface area contributed by atoms with Crippen LogP contribution in [0.3, 0.4) is 0 Å². The largest absolute Gasteiger partial charge is 0.494 e. The zero-order valence-corrected chi connectivity index (χ0v) is 11.7. The molecule has 0 fully saturated rings. The number of hydrogen-bond acceptors (Lipinski definition) is 3. The van der Waals surface area contributed by atoms with Crippen molar-refractivity contribution in [3.05, 3.63) is 30.3 Å². The number of carbonyl (C=O) groups excluding carboxylic acids is 1. The predicted molar refractivity (Wildman–Crippen MR) is 71.1 cm³/mol. The molecule has 118 valence electrons. The predicted octanol–water partition coefficient (Wildman–Crippen LogP) is 2.49. The minimum atomic E-state index is -4.41. The van der Waals surface area contributed by atoms with E-state index in [4.69, 9.17) is 4.74 Å². The molecule has 0 saturated carbocycles. The van der Waals surface area contributed by atoms with Crippen LogP contribution in [-0.4, -0.2) is 50.4 Å². The molecule has 1 rings (SSSR count). The van der Waals surface area contributed by atoms with Crippen molar-refractivity contribution < 1.29 is 27.4 Å². The lowest BCUT2D eigenvalue weighted by Crippen LogP contribution is -2.33. The molecule has 1 aromatic rings. The number of para-hydroxylation sites is 1. The Bertz CT molecular complexity index is 423. The lowest BCUT2D eigenvalue weighted by Gasteiger charge is -2.17. The molecule has 0 aliphatic heterocycles. The lowest BCUT2D eigenvalue weighted by atomic mass is 10.3. The van der Waals surface area contributed by atoms with Crippen molar-refractivity contribution in [1.82, 2.24) is 4.90 Å². The second kappa shape index (κ2) is 8.51. The van der Waals surface area contributed by atoms with E-state index >= 15 is 0 Å². The fraction of sp³-hybridized carbons (Fsp3) is 0.500. The molecule has 4 nitrogen and oxygen atoms in total. The van der Waals surface area contributed by atoms with Crippen molar-refractivity contribution in [2.24, 2.45) is 0 Å². The van der Waals surface area contributed by atoms with Crippen LogP contribution in [-0.2, 0) is 9.53 Å². The van der Waals surface area contributed by atoms with Crippen LogP contribution >= 0.6 is 0 Å².